The van der Waals surface area contributed by atoms with Gasteiger partial charge in [0.05, 0.1) is 16.8 Å². The molecule has 0 atom stereocenters. The van der Waals surface area contributed by atoms with Crippen molar-refractivity contribution in [3.05, 3.63) is 95.8 Å². The third-order valence-corrected chi connectivity index (χ3v) is 8.36. The van der Waals surface area contributed by atoms with Crippen LogP contribution in [0.1, 0.15) is 79.0 Å². The molecule has 1 N–H and O–H groups in total. The Morgan fingerprint density at radius 3 is 1.95 bits per heavy atom. The second kappa shape index (κ2) is 10.3. The first-order valence-electron chi connectivity index (χ1n) is 15.2. The number of rotatable bonds is 3. The summed E-state index contributed by atoms with van der Waals surface area (Å²) in [5.41, 5.74) is 9.88. The monoisotopic (exact) mass is 583 g/mol. The molecule has 5 nitrogen and oxygen atoms in total. The number of benzene rings is 3. The van der Waals surface area contributed by atoms with Gasteiger partial charge < -0.3 is 9.52 Å². The third kappa shape index (κ3) is 5.47. The van der Waals surface area contributed by atoms with Crippen molar-refractivity contribution < 1.29 is 9.52 Å². The summed E-state index contributed by atoms with van der Waals surface area (Å²) in [6, 6.07) is 22.7. The lowest BCUT2D eigenvalue weighted by molar-refractivity contribution is 0.472. The van der Waals surface area contributed by atoms with Gasteiger partial charge in [0.2, 0.25) is 5.89 Å². The van der Waals surface area contributed by atoms with Gasteiger partial charge in [-0.15, -0.1) is 0 Å². The van der Waals surface area contributed by atoms with Crippen LogP contribution in [0.15, 0.2) is 83.5 Å². The van der Waals surface area contributed by atoms with Crippen LogP contribution in [0.3, 0.4) is 0 Å². The van der Waals surface area contributed by atoms with E-state index in [0.717, 1.165) is 49.9 Å². The van der Waals surface area contributed by atoms with Crippen molar-refractivity contribution in [1.29, 1.82) is 0 Å². The second-order valence-corrected chi connectivity index (χ2v) is 14.9. The van der Waals surface area contributed by atoms with Crippen LogP contribution in [0.25, 0.3) is 55.8 Å². The van der Waals surface area contributed by atoms with Crippen LogP contribution < -0.4 is 0 Å². The van der Waals surface area contributed by atoms with E-state index in [-0.39, 0.29) is 22.0 Å². The molecular formula is C39H41N3O2. The molecule has 224 valence electrons. The first kappa shape index (κ1) is 29.6. The highest BCUT2D eigenvalue weighted by atomic mass is 16.3. The van der Waals surface area contributed by atoms with E-state index in [2.05, 4.69) is 98.7 Å². The fourth-order valence-electron chi connectivity index (χ4n) is 5.54. The van der Waals surface area contributed by atoms with Gasteiger partial charge in [-0.05, 0) is 87.0 Å². The van der Waals surface area contributed by atoms with Crippen LogP contribution in [-0.4, -0.2) is 20.1 Å². The van der Waals surface area contributed by atoms with Crippen LogP contribution in [0.5, 0.6) is 5.75 Å². The number of phenols is 1. The van der Waals surface area contributed by atoms with E-state index in [1.54, 1.807) is 6.07 Å². The van der Waals surface area contributed by atoms with Crippen molar-refractivity contribution in [3.8, 4) is 39.6 Å². The molecule has 0 radical (unpaired) electrons. The van der Waals surface area contributed by atoms with Crippen LogP contribution in [0, 0.1) is 0 Å². The normalized spacial score (nSPS) is 12.8. The molecule has 6 aromatic rings. The molecule has 0 spiro atoms. The highest BCUT2D eigenvalue weighted by Crippen LogP contribution is 2.42. The minimum Gasteiger partial charge on any atom is -0.507 e. The number of oxazole rings is 1. The Labute approximate surface area is 260 Å². The summed E-state index contributed by atoms with van der Waals surface area (Å²) in [6.45, 7) is 19.8. The average molecular weight is 584 g/mol. The zero-order valence-electron chi connectivity index (χ0n) is 27.2. The molecule has 5 heteroatoms. The SMILES string of the molecule is CC(C)(C)c1cc(-c2nccc3cccnc23)cc(-c2cc(C(C)(C)C)cc3oc(-c4cc(C(C)(C)C)ccc4O)nc23)c1. The maximum Gasteiger partial charge on any atom is 0.231 e. The molecule has 6 rings (SSSR count). The summed E-state index contributed by atoms with van der Waals surface area (Å²) in [5.74, 6) is 0.553. The number of fused-ring (bicyclic) bond motifs is 2. The van der Waals surface area contributed by atoms with Gasteiger partial charge in [0.1, 0.15) is 11.3 Å². The topological polar surface area (TPSA) is 72.0 Å². The Balaban J connectivity index is 1.64. The molecule has 0 aliphatic rings. The molecule has 0 saturated heterocycles. The lowest BCUT2D eigenvalue weighted by Crippen LogP contribution is -2.12. The van der Waals surface area contributed by atoms with Gasteiger partial charge in [-0.25, -0.2) is 4.98 Å². The van der Waals surface area contributed by atoms with E-state index in [9.17, 15) is 5.11 Å². The third-order valence-electron chi connectivity index (χ3n) is 8.36. The first-order valence-corrected chi connectivity index (χ1v) is 15.2. The summed E-state index contributed by atoms with van der Waals surface area (Å²) in [4.78, 5) is 14.6. The standard InChI is InChI=1S/C39H41N3O2/c1-37(2,3)26-12-13-31(43)30(20-26)36-42-35-29(21-28(39(7,8)9)22-32(35)44-36)24-17-25(19-27(18-24)38(4,5)6)34-33-23(14-16-41-34)11-10-15-40-33/h10-22,43H,1-9H3. The average Bonchev–Trinajstić information content (AvgIpc) is 3.39. The predicted octanol–water partition coefficient (Wildman–Crippen LogP) is 10.4. The van der Waals surface area contributed by atoms with Gasteiger partial charge in [0.25, 0.3) is 0 Å². The molecular weight excluding hydrogens is 542 g/mol. The number of nitrogens with zero attached hydrogens (tertiary/aromatic N) is 3. The lowest BCUT2D eigenvalue weighted by Gasteiger charge is -2.23. The number of hydrogen-bond acceptors (Lipinski definition) is 5. The highest BCUT2D eigenvalue weighted by Gasteiger charge is 2.25. The van der Waals surface area contributed by atoms with Gasteiger partial charge in [0, 0.05) is 28.9 Å². The van der Waals surface area contributed by atoms with E-state index < -0.39 is 0 Å². The Morgan fingerprint density at radius 1 is 0.591 bits per heavy atom. The Bertz CT molecular complexity index is 2030. The number of aromatic nitrogens is 3. The number of aromatic hydroxyl groups is 1. The number of phenolic OH excluding ortho intramolecular Hbond substituents is 1. The maximum absolute atomic E-state index is 10.9. The Hall–Kier alpha value is -4.51. The maximum atomic E-state index is 10.9. The van der Waals surface area contributed by atoms with E-state index in [0.29, 0.717) is 17.0 Å². The molecule has 44 heavy (non-hydrogen) atoms. The fourth-order valence-corrected chi connectivity index (χ4v) is 5.54. The summed E-state index contributed by atoms with van der Waals surface area (Å²) in [7, 11) is 0. The zero-order valence-corrected chi connectivity index (χ0v) is 27.2. The molecule has 0 amide bonds. The number of pyridine rings is 2. The van der Waals surface area contributed by atoms with Crippen molar-refractivity contribution in [1.82, 2.24) is 15.0 Å². The minimum absolute atomic E-state index is 0.0900. The van der Waals surface area contributed by atoms with Crippen LogP contribution in [0.2, 0.25) is 0 Å². The van der Waals surface area contributed by atoms with E-state index in [1.165, 1.54) is 5.56 Å². The Kier molecular flexibility index (Phi) is 6.92. The van der Waals surface area contributed by atoms with Crippen molar-refractivity contribution in [2.45, 2.75) is 78.6 Å². The van der Waals surface area contributed by atoms with Crippen LogP contribution in [-0.2, 0) is 16.2 Å². The molecule has 0 aliphatic carbocycles. The fraction of sp³-hybridized carbons (Fsp3) is 0.308. The lowest BCUT2D eigenvalue weighted by atomic mass is 9.82. The molecule has 0 aliphatic heterocycles. The van der Waals surface area contributed by atoms with Gasteiger partial charge in [-0.3, -0.25) is 9.97 Å². The minimum atomic E-state index is -0.129. The van der Waals surface area contributed by atoms with E-state index >= 15 is 0 Å². The molecule has 0 saturated carbocycles. The first-order chi connectivity index (χ1) is 20.6. The highest BCUT2D eigenvalue weighted by molar-refractivity contribution is 5.96. The van der Waals surface area contributed by atoms with Crippen molar-refractivity contribution >= 4 is 22.0 Å². The van der Waals surface area contributed by atoms with E-state index in [1.807, 2.05) is 36.7 Å². The molecule has 3 aromatic heterocycles. The quantitative estimate of drug-likeness (QED) is 0.224. The largest absolute Gasteiger partial charge is 0.507 e. The van der Waals surface area contributed by atoms with Gasteiger partial charge in [-0.1, -0.05) is 80.5 Å². The summed E-state index contributed by atoms with van der Waals surface area (Å²) >= 11 is 0. The molecule has 0 bridgehead atoms. The molecule has 0 unspecified atom stereocenters. The zero-order chi connectivity index (χ0) is 31.6. The summed E-state index contributed by atoms with van der Waals surface area (Å²) in [5, 5.41) is 12.0. The van der Waals surface area contributed by atoms with Crippen molar-refractivity contribution in [3.63, 3.8) is 0 Å². The Morgan fingerprint density at radius 2 is 1.25 bits per heavy atom. The van der Waals surface area contributed by atoms with Crippen molar-refractivity contribution in [2.75, 3.05) is 0 Å². The van der Waals surface area contributed by atoms with Gasteiger partial charge in [-0.2, -0.15) is 0 Å². The number of hydrogen-bond donors (Lipinski definition) is 1. The van der Waals surface area contributed by atoms with Crippen LogP contribution >= 0.6 is 0 Å². The molecule has 3 aromatic carbocycles. The molecule has 3 heterocycles. The smallest absolute Gasteiger partial charge is 0.231 e. The van der Waals surface area contributed by atoms with Crippen molar-refractivity contribution in [2.24, 2.45) is 0 Å². The van der Waals surface area contributed by atoms with Gasteiger partial charge >= 0.3 is 0 Å². The summed E-state index contributed by atoms with van der Waals surface area (Å²) in [6.07, 6.45) is 3.67. The summed E-state index contributed by atoms with van der Waals surface area (Å²) < 4.78 is 6.48. The predicted molar refractivity (Wildman–Crippen MR) is 181 cm³/mol. The van der Waals surface area contributed by atoms with Gasteiger partial charge in [0.15, 0.2) is 5.58 Å². The second-order valence-electron chi connectivity index (χ2n) is 14.9. The van der Waals surface area contributed by atoms with Crippen LogP contribution in [0.4, 0.5) is 0 Å². The molecule has 0 fully saturated rings. The van der Waals surface area contributed by atoms with E-state index in [4.69, 9.17) is 19.4 Å².